The molecule has 1 fully saturated rings. The van der Waals surface area contributed by atoms with Gasteiger partial charge in [0.15, 0.2) is 0 Å². The zero-order valence-electron chi connectivity index (χ0n) is 18.8. The van der Waals surface area contributed by atoms with Crippen LogP contribution in [-0.2, 0) is 6.54 Å². The van der Waals surface area contributed by atoms with Crippen LogP contribution in [0.5, 0.6) is 0 Å². The molecule has 0 saturated heterocycles. The van der Waals surface area contributed by atoms with Crippen LogP contribution in [0.3, 0.4) is 0 Å². The summed E-state index contributed by atoms with van der Waals surface area (Å²) in [6, 6.07) is 13.6. The molecule has 2 unspecified atom stereocenters. The Balaban J connectivity index is 1.71. The summed E-state index contributed by atoms with van der Waals surface area (Å²) in [6.07, 6.45) is 8.49. The zero-order chi connectivity index (χ0) is 22.7. The van der Waals surface area contributed by atoms with Crippen LogP contribution in [-0.4, -0.2) is 30.2 Å². The average Bonchev–Trinajstić information content (AvgIpc) is 2.80. The normalized spacial score (nSPS) is 19.0. The van der Waals surface area contributed by atoms with E-state index in [0.29, 0.717) is 46.7 Å². The lowest BCUT2D eigenvalue weighted by molar-refractivity contribution is 0.245. The van der Waals surface area contributed by atoms with E-state index in [4.69, 9.17) is 22.3 Å². The van der Waals surface area contributed by atoms with Crippen LogP contribution >= 0.6 is 11.6 Å². The molecule has 2 aromatic carbocycles. The lowest BCUT2D eigenvalue weighted by Gasteiger charge is -2.29. The predicted octanol–water partition coefficient (Wildman–Crippen LogP) is 5.05. The van der Waals surface area contributed by atoms with Crippen molar-refractivity contribution in [3.63, 3.8) is 0 Å². The summed E-state index contributed by atoms with van der Waals surface area (Å²) < 4.78 is 1.83. The molecule has 32 heavy (non-hydrogen) atoms. The Labute approximate surface area is 194 Å². The van der Waals surface area contributed by atoms with E-state index in [9.17, 15) is 4.79 Å². The van der Waals surface area contributed by atoms with Crippen molar-refractivity contribution < 1.29 is 0 Å². The Hall–Kier alpha value is -2.63. The lowest BCUT2D eigenvalue weighted by Crippen LogP contribution is -2.31. The molecule has 1 saturated carbocycles. The summed E-state index contributed by atoms with van der Waals surface area (Å²) in [4.78, 5) is 20.4. The van der Waals surface area contributed by atoms with Gasteiger partial charge < -0.3 is 10.6 Å². The highest BCUT2D eigenvalue weighted by Crippen LogP contribution is 2.30. The number of anilines is 1. The molecule has 1 heterocycles. The molecule has 3 aromatic rings. The molecule has 0 amide bonds. The second-order valence-electron chi connectivity index (χ2n) is 9.00. The standard InChI is InChI=1S/C26H31ClN4O/c1-30(2)22-10-6-18(7-11-22)8-13-25-29-24-12-9-21(27)15-23(24)26(32)31(25)17-20-5-3-4-19(14-20)16-28/h6-13,15,19-20H,3-5,14,16-17,28H2,1-2H3/b13-8+. The summed E-state index contributed by atoms with van der Waals surface area (Å²) in [5.74, 6) is 1.65. The molecular formula is C26H31ClN4O. The first-order valence-corrected chi connectivity index (χ1v) is 11.7. The van der Waals surface area contributed by atoms with E-state index in [1.54, 1.807) is 12.1 Å². The molecule has 0 spiro atoms. The van der Waals surface area contributed by atoms with Gasteiger partial charge in [-0.1, -0.05) is 36.2 Å². The minimum Gasteiger partial charge on any atom is -0.378 e. The molecule has 0 aliphatic heterocycles. The summed E-state index contributed by atoms with van der Waals surface area (Å²) in [5, 5.41) is 1.12. The van der Waals surface area contributed by atoms with Gasteiger partial charge in [-0.3, -0.25) is 9.36 Å². The molecule has 4 rings (SSSR count). The number of halogens is 1. The largest absolute Gasteiger partial charge is 0.378 e. The third kappa shape index (κ3) is 5.05. The van der Waals surface area contributed by atoms with Crippen molar-refractivity contribution in [1.82, 2.24) is 9.55 Å². The Kier molecular flexibility index (Phi) is 6.97. The van der Waals surface area contributed by atoms with Gasteiger partial charge in [-0.2, -0.15) is 0 Å². The molecule has 1 aliphatic rings. The fourth-order valence-corrected chi connectivity index (χ4v) is 4.78. The molecule has 1 aliphatic carbocycles. The van der Waals surface area contributed by atoms with Crippen molar-refractivity contribution in [3.05, 3.63) is 69.2 Å². The quantitative estimate of drug-likeness (QED) is 0.570. The first-order chi connectivity index (χ1) is 15.4. The first-order valence-electron chi connectivity index (χ1n) is 11.3. The highest BCUT2D eigenvalue weighted by atomic mass is 35.5. The van der Waals surface area contributed by atoms with Gasteiger partial charge in [-0.25, -0.2) is 4.98 Å². The van der Waals surface area contributed by atoms with Gasteiger partial charge in [0.05, 0.1) is 10.9 Å². The van der Waals surface area contributed by atoms with Crippen LogP contribution in [0.15, 0.2) is 47.3 Å². The van der Waals surface area contributed by atoms with Gasteiger partial charge in [-0.05, 0) is 79.6 Å². The molecule has 2 atom stereocenters. The van der Waals surface area contributed by atoms with Gasteiger partial charge in [0.2, 0.25) is 0 Å². The molecule has 6 heteroatoms. The van der Waals surface area contributed by atoms with Gasteiger partial charge in [-0.15, -0.1) is 0 Å². The molecule has 0 radical (unpaired) electrons. The molecule has 2 N–H and O–H groups in total. The number of aromatic nitrogens is 2. The van der Waals surface area contributed by atoms with Gasteiger partial charge >= 0.3 is 0 Å². The zero-order valence-corrected chi connectivity index (χ0v) is 19.6. The van der Waals surface area contributed by atoms with E-state index in [1.807, 2.05) is 36.9 Å². The van der Waals surface area contributed by atoms with Gasteiger partial charge in [0.25, 0.3) is 5.56 Å². The van der Waals surface area contributed by atoms with Crippen molar-refractivity contribution in [3.8, 4) is 0 Å². The minimum absolute atomic E-state index is 0.0324. The summed E-state index contributed by atoms with van der Waals surface area (Å²) in [7, 11) is 4.05. The number of hydrogen-bond acceptors (Lipinski definition) is 4. The van der Waals surface area contributed by atoms with Crippen molar-refractivity contribution in [2.75, 3.05) is 25.5 Å². The highest BCUT2D eigenvalue weighted by Gasteiger charge is 2.23. The van der Waals surface area contributed by atoms with Crippen LogP contribution in [0.4, 0.5) is 5.69 Å². The second-order valence-corrected chi connectivity index (χ2v) is 9.44. The monoisotopic (exact) mass is 450 g/mol. The van der Waals surface area contributed by atoms with E-state index in [2.05, 4.69) is 29.2 Å². The first kappa shape index (κ1) is 22.6. The third-order valence-corrected chi connectivity index (χ3v) is 6.68. The Bertz CT molecular complexity index is 1170. The topological polar surface area (TPSA) is 64.2 Å². The van der Waals surface area contributed by atoms with Crippen molar-refractivity contribution in [2.24, 2.45) is 17.6 Å². The Morgan fingerprint density at radius 2 is 1.88 bits per heavy atom. The van der Waals surface area contributed by atoms with Crippen molar-refractivity contribution in [2.45, 2.75) is 32.2 Å². The number of nitrogens with two attached hydrogens (primary N) is 1. The van der Waals surface area contributed by atoms with Crippen LogP contribution < -0.4 is 16.2 Å². The average molecular weight is 451 g/mol. The van der Waals surface area contributed by atoms with E-state index in [0.717, 1.165) is 30.5 Å². The maximum Gasteiger partial charge on any atom is 0.261 e. The van der Waals surface area contributed by atoms with E-state index >= 15 is 0 Å². The van der Waals surface area contributed by atoms with Crippen LogP contribution in [0, 0.1) is 11.8 Å². The van der Waals surface area contributed by atoms with E-state index in [1.165, 1.54) is 6.42 Å². The van der Waals surface area contributed by atoms with Crippen LogP contribution in [0.25, 0.3) is 23.1 Å². The molecule has 1 aromatic heterocycles. The lowest BCUT2D eigenvalue weighted by atomic mass is 9.81. The number of rotatable bonds is 6. The number of hydrogen-bond donors (Lipinski definition) is 1. The van der Waals surface area contributed by atoms with Gasteiger partial charge in [0, 0.05) is 31.4 Å². The van der Waals surface area contributed by atoms with Crippen molar-refractivity contribution >= 4 is 40.3 Å². The highest BCUT2D eigenvalue weighted by molar-refractivity contribution is 6.31. The van der Waals surface area contributed by atoms with Gasteiger partial charge in [0.1, 0.15) is 5.82 Å². The minimum atomic E-state index is -0.0324. The fourth-order valence-electron chi connectivity index (χ4n) is 4.61. The molecule has 5 nitrogen and oxygen atoms in total. The third-order valence-electron chi connectivity index (χ3n) is 6.45. The maximum absolute atomic E-state index is 13.5. The molecule has 0 bridgehead atoms. The summed E-state index contributed by atoms with van der Waals surface area (Å²) in [6.45, 7) is 1.37. The Morgan fingerprint density at radius 3 is 2.59 bits per heavy atom. The van der Waals surface area contributed by atoms with E-state index in [-0.39, 0.29) is 5.56 Å². The van der Waals surface area contributed by atoms with E-state index < -0.39 is 0 Å². The molecule has 168 valence electrons. The Morgan fingerprint density at radius 1 is 1.12 bits per heavy atom. The predicted molar refractivity (Wildman–Crippen MR) is 135 cm³/mol. The summed E-state index contributed by atoms with van der Waals surface area (Å²) in [5.41, 5.74) is 8.79. The van der Waals surface area contributed by atoms with Crippen LogP contribution in [0.1, 0.15) is 37.1 Å². The molecular weight excluding hydrogens is 420 g/mol. The fraction of sp³-hybridized carbons (Fsp3) is 0.385. The van der Waals surface area contributed by atoms with Crippen molar-refractivity contribution in [1.29, 1.82) is 0 Å². The number of fused-ring (bicyclic) bond motifs is 1. The maximum atomic E-state index is 13.5. The second kappa shape index (κ2) is 9.88. The number of benzene rings is 2. The number of nitrogens with zero attached hydrogens (tertiary/aromatic N) is 3. The van der Waals surface area contributed by atoms with Crippen LogP contribution in [0.2, 0.25) is 5.02 Å². The summed E-state index contributed by atoms with van der Waals surface area (Å²) >= 11 is 6.18. The SMILES string of the molecule is CN(C)c1ccc(/C=C/c2nc3ccc(Cl)cc3c(=O)n2CC2CCCC(CN)C2)cc1. The smallest absolute Gasteiger partial charge is 0.261 e.